The average molecular weight is 374 g/mol. The molecule has 0 radical (unpaired) electrons. The summed E-state index contributed by atoms with van der Waals surface area (Å²) in [5, 5.41) is 11.8. The number of likely N-dealkylation sites (N-methyl/N-ethyl adjacent to an activating group) is 1. The molecule has 1 N–H and O–H groups in total. The number of rotatable bonds is 9. The van der Waals surface area contributed by atoms with Gasteiger partial charge in [0.25, 0.3) is 0 Å². The molecule has 0 bridgehead atoms. The largest absolute Gasteiger partial charge is 0.384 e. The summed E-state index contributed by atoms with van der Waals surface area (Å²) < 4.78 is 0. The molecule has 0 amide bonds. The Bertz CT molecular complexity index is 819. The molecule has 0 saturated carbocycles. The molecule has 0 aliphatic carbocycles. The van der Waals surface area contributed by atoms with E-state index in [4.69, 9.17) is 0 Å². The lowest BCUT2D eigenvalue weighted by Gasteiger charge is -2.37. The van der Waals surface area contributed by atoms with Crippen LogP contribution < -0.4 is 0 Å². The van der Waals surface area contributed by atoms with Gasteiger partial charge in [-0.1, -0.05) is 97.9 Å². The summed E-state index contributed by atoms with van der Waals surface area (Å²) in [5.41, 5.74) is 2.60. The zero-order valence-electron chi connectivity index (χ0n) is 17.0. The Hall–Kier alpha value is -2.42. The van der Waals surface area contributed by atoms with Gasteiger partial charge in [-0.2, -0.15) is 0 Å². The fraction of sp³-hybridized carbons (Fsp3) is 0.308. The van der Waals surface area contributed by atoms with Crippen molar-refractivity contribution < 1.29 is 5.11 Å². The predicted molar refractivity (Wildman–Crippen MR) is 117 cm³/mol. The predicted octanol–water partition coefficient (Wildman–Crippen LogP) is 4.93. The van der Waals surface area contributed by atoms with Crippen LogP contribution in [0.25, 0.3) is 0 Å². The van der Waals surface area contributed by atoms with E-state index < -0.39 is 5.60 Å². The van der Waals surface area contributed by atoms with Crippen molar-refractivity contribution >= 4 is 0 Å². The lowest BCUT2D eigenvalue weighted by Crippen LogP contribution is -2.42. The Morgan fingerprint density at radius 1 is 0.786 bits per heavy atom. The van der Waals surface area contributed by atoms with Crippen LogP contribution in [0, 0.1) is 5.92 Å². The third kappa shape index (κ3) is 5.31. The first-order valence-corrected chi connectivity index (χ1v) is 10.1. The molecular formula is C26H31NO. The number of hydrogen-bond acceptors (Lipinski definition) is 2. The Balaban J connectivity index is 1.72. The molecule has 2 atom stereocenters. The average Bonchev–Trinajstić information content (AvgIpc) is 2.74. The number of benzene rings is 3. The molecule has 2 unspecified atom stereocenters. The van der Waals surface area contributed by atoms with Crippen molar-refractivity contribution in [3.8, 4) is 0 Å². The lowest BCUT2D eigenvalue weighted by molar-refractivity contribution is -0.0274. The highest BCUT2D eigenvalue weighted by atomic mass is 16.3. The second-order valence-electron chi connectivity index (χ2n) is 7.85. The fourth-order valence-electron chi connectivity index (χ4n) is 3.87. The minimum absolute atomic E-state index is 0.0934. The van der Waals surface area contributed by atoms with E-state index in [1.54, 1.807) is 0 Å². The van der Waals surface area contributed by atoms with Crippen molar-refractivity contribution in [2.75, 3.05) is 20.1 Å². The normalized spacial score (nSPS) is 14.6. The van der Waals surface area contributed by atoms with Crippen molar-refractivity contribution in [1.82, 2.24) is 4.90 Å². The molecule has 3 aromatic rings. The van der Waals surface area contributed by atoms with Gasteiger partial charge < -0.3 is 10.0 Å². The Morgan fingerprint density at radius 2 is 1.29 bits per heavy atom. The molecule has 0 aliphatic heterocycles. The standard InChI is InChI=1S/C26H31NO/c1-22(21-27(2)19-18-23-12-6-3-7-13-23)26(28,25-16-10-5-11-17-25)20-24-14-8-4-9-15-24/h3-17,22,28H,18-21H2,1-2H3. The zero-order valence-corrected chi connectivity index (χ0v) is 17.0. The highest BCUT2D eigenvalue weighted by Crippen LogP contribution is 2.34. The van der Waals surface area contributed by atoms with E-state index in [0.29, 0.717) is 6.42 Å². The van der Waals surface area contributed by atoms with Crippen molar-refractivity contribution in [1.29, 1.82) is 0 Å². The first-order valence-electron chi connectivity index (χ1n) is 10.1. The molecule has 3 rings (SSSR count). The van der Waals surface area contributed by atoms with Crippen LogP contribution in [0.1, 0.15) is 23.6 Å². The molecule has 146 valence electrons. The Kier molecular flexibility index (Phi) is 7.02. The summed E-state index contributed by atoms with van der Waals surface area (Å²) in [6, 6.07) is 31.0. The first-order chi connectivity index (χ1) is 13.6. The van der Waals surface area contributed by atoms with Gasteiger partial charge in [0.1, 0.15) is 0 Å². The van der Waals surface area contributed by atoms with E-state index in [1.807, 2.05) is 48.5 Å². The van der Waals surface area contributed by atoms with Gasteiger partial charge >= 0.3 is 0 Å². The van der Waals surface area contributed by atoms with E-state index in [9.17, 15) is 5.11 Å². The SMILES string of the molecule is CC(CN(C)CCc1ccccc1)C(O)(Cc1ccccc1)c1ccccc1. The van der Waals surface area contributed by atoms with Crippen LogP contribution in [0.15, 0.2) is 91.0 Å². The first kappa shape index (κ1) is 20.3. The second-order valence-corrected chi connectivity index (χ2v) is 7.85. The van der Waals surface area contributed by atoms with Crippen LogP contribution >= 0.6 is 0 Å². The van der Waals surface area contributed by atoms with Gasteiger partial charge in [-0.15, -0.1) is 0 Å². The van der Waals surface area contributed by atoms with Gasteiger partial charge in [0.05, 0.1) is 5.60 Å². The van der Waals surface area contributed by atoms with Gasteiger partial charge in [0.2, 0.25) is 0 Å². The maximum atomic E-state index is 11.8. The van der Waals surface area contributed by atoms with Crippen LogP contribution in [0.4, 0.5) is 0 Å². The topological polar surface area (TPSA) is 23.5 Å². The summed E-state index contributed by atoms with van der Waals surface area (Å²) >= 11 is 0. The van der Waals surface area contributed by atoms with Crippen LogP contribution in [-0.4, -0.2) is 30.1 Å². The number of aliphatic hydroxyl groups is 1. The van der Waals surface area contributed by atoms with Gasteiger partial charge in [-0.25, -0.2) is 0 Å². The van der Waals surface area contributed by atoms with Crippen LogP contribution in [0.2, 0.25) is 0 Å². The van der Waals surface area contributed by atoms with E-state index >= 15 is 0 Å². The molecule has 0 aromatic heterocycles. The molecular weight excluding hydrogens is 342 g/mol. The molecule has 0 aliphatic rings. The maximum Gasteiger partial charge on any atom is 0.0974 e. The smallest absolute Gasteiger partial charge is 0.0974 e. The van der Waals surface area contributed by atoms with Crippen molar-refractivity contribution in [2.45, 2.75) is 25.4 Å². The molecule has 28 heavy (non-hydrogen) atoms. The monoisotopic (exact) mass is 373 g/mol. The minimum Gasteiger partial charge on any atom is -0.384 e. The molecule has 0 fully saturated rings. The van der Waals surface area contributed by atoms with Crippen molar-refractivity contribution in [2.24, 2.45) is 5.92 Å². The van der Waals surface area contributed by atoms with E-state index in [0.717, 1.165) is 30.6 Å². The highest BCUT2D eigenvalue weighted by Gasteiger charge is 2.36. The summed E-state index contributed by atoms with van der Waals surface area (Å²) in [7, 11) is 2.15. The van der Waals surface area contributed by atoms with E-state index in [-0.39, 0.29) is 5.92 Å². The summed E-state index contributed by atoms with van der Waals surface area (Å²) in [6.07, 6.45) is 1.64. The highest BCUT2D eigenvalue weighted by molar-refractivity contribution is 5.28. The maximum absolute atomic E-state index is 11.8. The molecule has 3 aromatic carbocycles. The molecule has 0 spiro atoms. The lowest BCUT2D eigenvalue weighted by atomic mass is 9.77. The van der Waals surface area contributed by atoms with Crippen molar-refractivity contribution in [3.05, 3.63) is 108 Å². The Labute approximate surface area is 169 Å². The van der Waals surface area contributed by atoms with Gasteiger partial charge in [-0.3, -0.25) is 0 Å². The second kappa shape index (κ2) is 9.68. The Morgan fingerprint density at radius 3 is 1.86 bits per heavy atom. The summed E-state index contributed by atoms with van der Waals surface area (Å²) in [4.78, 5) is 2.33. The molecule has 2 nitrogen and oxygen atoms in total. The zero-order chi connectivity index (χ0) is 19.8. The van der Waals surface area contributed by atoms with Gasteiger partial charge in [0.15, 0.2) is 0 Å². The fourth-order valence-corrected chi connectivity index (χ4v) is 3.87. The van der Waals surface area contributed by atoms with Crippen LogP contribution in [0.5, 0.6) is 0 Å². The third-order valence-electron chi connectivity index (χ3n) is 5.62. The van der Waals surface area contributed by atoms with E-state index in [2.05, 4.69) is 61.3 Å². The van der Waals surface area contributed by atoms with E-state index in [1.165, 1.54) is 5.56 Å². The molecule has 0 saturated heterocycles. The number of hydrogen-bond donors (Lipinski definition) is 1. The van der Waals surface area contributed by atoms with Gasteiger partial charge in [0, 0.05) is 25.4 Å². The molecule has 0 heterocycles. The number of nitrogens with zero attached hydrogens (tertiary/aromatic N) is 1. The van der Waals surface area contributed by atoms with Crippen LogP contribution in [0.3, 0.4) is 0 Å². The third-order valence-corrected chi connectivity index (χ3v) is 5.62. The minimum atomic E-state index is -0.899. The quantitative estimate of drug-likeness (QED) is 0.575. The van der Waals surface area contributed by atoms with Crippen LogP contribution in [-0.2, 0) is 18.4 Å². The summed E-state index contributed by atoms with van der Waals surface area (Å²) in [6.45, 7) is 3.98. The van der Waals surface area contributed by atoms with Gasteiger partial charge in [-0.05, 0) is 30.2 Å². The molecule has 2 heteroatoms. The van der Waals surface area contributed by atoms with Crippen molar-refractivity contribution in [3.63, 3.8) is 0 Å². The summed E-state index contributed by atoms with van der Waals surface area (Å²) in [5.74, 6) is 0.0934.